The molecule has 2 N–H and O–H groups in total. The molecule has 0 unspecified atom stereocenters. The van der Waals surface area contributed by atoms with Crippen molar-refractivity contribution in [2.45, 2.75) is 25.5 Å². The zero-order valence-electron chi connectivity index (χ0n) is 11.1. The highest BCUT2D eigenvalue weighted by Crippen LogP contribution is 2.18. The number of methoxy groups -OCH3 is 1. The standard InChI is InChI=1S/C14H19FN2OS/c1-18-12-4-6-17(7-5-12)9-10-2-3-11(15)8-13(10)14(16)19/h2-3,8,12H,4-7,9H2,1H3,(H2,16,19). The van der Waals surface area contributed by atoms with Crippen molar-refractivity contribution in [2.75, 3.05) is 20.2 Å². The normalized spacial score (nSPS) is 17.6. The maximum absolute atomic E-state index is 13.2. The Balaban J connectivity index is 2.05. The first-order chi connectivity index (χ1) is 9.10. The Morgan fingerprint density at radius 3 is 2.74 bits per heavy atom. The number of nitrogens with two attached hydrogens (primary N) is 1. The summed E-state index contributed by atoms with van der Waals surface area (Å²) in [4.78, 5) is 2.58. The molecule has 0 amide bonds. The molecule has 1 heterocycles. The van der Waals surface area contributed by atoms with Gasteiger partial charge in [-0.25, -0.2) is 4.39 Å². The van der Waals surface area contributed by atoms with Gasteiger partial charge in [0, 0.05) is 32.3 Å². The molecule has 1 aromatic carbocycles. The molecule has 0 spiro atoms. The number of benzene rings is 1. The third-order valence-corrected chi connectivity index (χ3v) is 3.82. The quantitative estimate of drug-likeness (QED) is 0.858. The number of thiocarbonyl (C=S) groups is 1. The lowest BCUT2D eigenvalue weighted by molar-refractivity contribution is 0.0388. The van der Waals surface area contributed by atoms with Gasteiger partial charge in [0.2, 0.25) is 0 Å². The average molecular weight is 282 g/mol. The van der Waals surface area contributed by atoms with Gasteiger partial charge in [-0.3, -0.25) is 4.90 Å². The summed E-state index contributed by atoms with van der Waals surface area (Å²) in [6.45, 7) is 2.71. The van der Waals surface area contributed by atoms with Crippen LogP contribution in [0.2, 0.25) is 0 Å². The van der Waals surface area contributed by atoms with Crippen LogP contribution in [0.25, 0.3) is 0 Å². The fraction of sp³-hybridized carbons (Fsp3) is 0.500. The number of rotatable bonds is 4. The van der Waals surface area contributed by atoms with Gasteiger partial charge in [-0.15, -0.1) is 0 Å². The topological polar surface area (TPSA) is 38.5 Å². The maximum atomic E-state index is 13.2. The molecule has 1 aromatic rings. The van der Waals surface area contributed by atoms with Gasteiger partial charge in [-0.1, -0.05) is 18.3 Å². The predicted octanol–water partition coefficient (Wildman–Crippen LogP) is 2.07. The summed E-state index contributed by atoms with van der Waals surface area (Å²) >= 11 is 4.99. The number of hydrogen-bond acceptors (Lipinski definition) is 3. The lowest BCUT2D eigenvalue weighted by Gasteiger charge is -2.31. The van der Waals surface area contributed by atoms with Crippen LogP contribution in [-0.4, -0.2) is 36.2 Å². The third kappa shape index (κ3) is 3.72. The highest BCUT2D eigenvalue weighted by atomic mass is 32.1. The second kappa shape index (κ2) is 6.41. The van der Waals surface area contributed by atoms with Crippen LogP contribution in [0.1, 0.15) is 24.0 Å². The lowest BCUT2D eigenvalue weighted by atomic mass is 10.0. The summed E-state index contributed by atoms with van der Waals surface area (Å²) in [6.07, 6.45) is 2.42. The van der Waals surface area contributed by atoms with Gasteiger partial charge in [0.1, 0.15) is 10.8 Å². The van der Waals surface area contributed by atoms with Crippen molar-refractivity contribution in [3.05, 3.63) is 35.1 Å². The molecular weight excluding hydrogens is 263 g/mol. The van der Waals surface area contributed by atoms with Gasteiger partial charge in [-0.2, -0.15) is 0 Å². The van der Waals surface area contributed by atoms with Crippen LogP contribution in [0, 0.1) is 5.82 Å². The first kappa shape index (κ1) is 14.4. The largest absolute Gasteiger partial charge is 0.389 e. The highest BCUT2D eigenvalue weighted by Gasteiger charge is 2.19. The number of nitrogens with zero attached hydrogens (tertiary/aromatic N) is 1. The van der Waals surface area contributed by atoms with E-state index < -0.39 is 0 Å². The molecule has 5 heteroatoms. The molecule has 0 radical (unpaired) electrons. The van der Waals surface area contributed by atoms with Crippen LogP contribution < -0.4 is 5.73 Å². The van der Waals surface area contributed by atoms with Crippen molar-refractivity contribution in [3.8, 4) is 0 Å². The molecule has 1 aliphatic rings. The van der Waals surface area contributed by atoms with Crippen molar-refractivity contribution in [1.82, 2.24) is 4.90 Å². The summed E-state index contributed by atoms with van der Waals surface area (Å²) in [5.74, 6) is -0.301. The fourth-order valence-electron chi connectivity index (χ4n) is 2.46. The predicted molar refractivity (Wildman–Crippen MR) is 77.6 cm³/mol. The SMILES string of the molecule is COC1CCN(Cc2ccc(F)cc2C(N)=S)CC1. The van der Waals surface area contributed by atoms with Crippen molar-refractivity contribution in [2.24, 2.45) is 5.73 Å². The molecule has 2 rings (SSSR count). The zero-order chi connectivity index (χ0) is 13.8. The molecule has 1 fully saturated rings. The molecule has 3 nitrogen and oxygen atoms in total. The number of likely N-dealkylation sites (tertiary alicyclic amines) is 1. The Hall–Kier alpha value is -1.04. The molecule has 19 heavy (non-hydrogen) atoms. The maximum Gasteiger partial charge on any atom is 0.123 e. The monoisotopic (exact) mass is 282 g/mol. The number of ether oxygens (including phenoxy) is 1. The van der Waals surface area contributed by atoms with Crippen LogP contribution in [0.4, 0.5) is 4.39 Å². The molecular formula is C14H19FN2OS. The summed E-state index contributed by atoms with van der Waals surface area (Å²) in [6, 6.07) is 4.64. The van der Waals surface area contributed by atoms with Crippen LogP contribution in [0.15, 0.2) is 18.2 Å². The lowest BCUT2D eigenvalue weighted by Crippen LogP contribution is -2.36. The Morgan fingerprint density at radius 2 is 2.16 bits per heavy atom. The second-order valence-electron chi connectivity index (χ2n) is 4.88. The van der Waals surface area contributed by atoms with Gasteiger partial charge >= 0.3 is 0 Å². The second-order valence-corrected chi connectivity index (χ2v) is 5.32. The van der Waals surface area contributed by atoms with E-state index in [2.05, 4.69) is 4.90 Å². The van der Waals surface area contributed by atoms with Crippen LogP contribution in [0.5, 0.6) is 0 Å². The number of piperidine rings is 1. The van der Waals surface area contributed by atoms with Gasteiger partial charge < -0.3 is 10.5 Å². The molecule has 0 saturated carbocycles. The van der Waals surface area contributed by atoms with Crippen LogP contribution >= 0.6 is 12.2 Å². The van der Waals surface area contributed by atoms with E-state index in [-0.39, 0.29) is 10.8 Å². The molecule has 0 aromatic heterocycles. The molecule has 0 bridgehead atoms. The van der Waals surface area contributed by atoms with Crippen LogP contribution in [0.3, 0.4) is 0 Å². The first-order valence-corrected chi connectivity index (χ1v) is 6.84. The van der Waals surface area contributed by atoms with Gasteiger partial charge in [0.15, 0.2) is 0 Å². The van der Waals surface area contributed by atoms with Gasteiger partial charge in [0.25, 0.3) is 0 Å². The van der Waals surface area contributed by atoms with E-state index in [9.17, 15) is 4.39 Å². The summed E-state index contributed by atoms with van der Waals surface area (Å²) in [5, 5.41) is 0. The fourth-order valence-corrected chi connectivity index (χ4v) is 2.65. The summed E-state index contributed by atoms with van der Waals surface area (Å²) in [7, 11) is 1.76. The van der Waals surface area contributed by atoms with E-state index in [1.165, 1.54) is 12.1 Å². The van der Waals surface area contributed by atoms with Gasteiger partial charge in [0.05, 0.1) is 6.10 Å². The minimum atomic E-state index is -0.301. The van der Waals surface area contributed by atoms with Crippen LogP contribution in [-0.2, 0) is 11.3 Å². The van der Waals surface area contributed by atoms with E-state index in [0.717, 1.165) is 38.0 Å². The Kier molecular flexibility index (Phi) is 4.85. The molecule has 1 aliphatic heterocycles. The Bertz CT molecular complexity index is 459. The highest BCUT2D eigenvalue weighted by molar-refractivity contribution is 7.80. The smallest absolute Gasteiger partial charge is 0.123 e. The zero-order valence-corrected chi connectivity index (χ0v) is 11.9. The molecule has 104 valence electrons. The van der Waals surface area contributed by atoms with E-state index in [1.807, 2.05) is 0 Å². The minimum absolute atomic E-state index is 0.251. The minimum Gasteiger partial charge on any atom is -0.389 e. The Labute approximate surface area is 118 Å². The first-order valence-electron chi connectivity index (χ1n) is 6.43. The molecule has 0 atom stereocenters. The third-order valence-electron chi connectivity index (χ3n) is 3.60. The van der Waals surface area contributed by atoms with Gasteiger partial charge in [-0.05, 0) is 30.5 Å². The van der Waals surface area contributed by atoms with Crippen molar-refractivity contribution < 1.29 is 9.13 Å². The average Bonchev–Trinajstić information content (AvgIpc) is 2.41. The number of halogens is 1. The van der Waals surface area contributed by atoms with E-state index in [4.69, 9.17) is 22.7 Å². The van der Waals surface area contributed by atoms with E-state index in [0.29, 0.717) is 11.7 Å². The molecule has 0 aliphatic carbocycles. The summed E-state index contributed by atoms with van der Waals surface area (Å²) in [5.41, 5.74) is 7.29. The Morgan fingerprint density at radius 1 is 1.47 bits per heavy atom. The van der Waals surface area contributed by atoms with E-state index in [1.54, 1.807) is 13.2 Å². The summed E-state index contributed by atoms with van der Waals surface area (Å²) < 4.78 is 18.6. The van der Waals surface area contributed by atoms with Crippen molar-refractivity contribution in [3.63, 3.8) is 0 Å². The van der Waals surface area contributed by atoms with Crippen molar-refractivity contribution >= 4 is 17.2 Å². The van der Waals surface area contributed by atoms with E-state index >= 15 is 0 Å². The van der Waals surface area contributed by atoms with Crippen molar-refractivity contribution in [1.29, 1.82) is 0 Å². The number of hydrogen-bond donors (Lipinski definition) is 1. The molecule has 1 saturated heterocycles.